The summed E-state index contributed by atoms with van der Waals surface area (Å²) in [6.07, 6.45) is 1.73. The summed E-state index contributed by atoms with van der Waals surface area (Å²) < 4.78 is 15.0. The Morgan fingerprint density at radius 1 is 1.03 bits per heavy atom. The number of fused-ring (bicyclic) bond motifs is 2. The minimum Gasteiger partial charge on any atom is -0.493 e. The first-order chi connectivity index (χ1) is 17.5. The van der Waals surface area contributed by atoms with Crippen LogP contribution >= 0.6 is 0 Å². The van der Waals surface area contributed by atoms with Crippen LogP contribution in [0, 0.1) is 6.92 Å². The average Bonchev–Trinajstić information content (AvgIpc) is 3.36. The smallest absolute Gasteiger partial charge is 0.341 e. The maximum atomic E-state index is 13.4. The van der Waals surface area contributed by atoms with Crippen LogP contribution in [-0.2, 0) is 16.9 Å². The first-order valence-corrected chi connectivity index (χ1v) is 12.8. The molecule has 0 bridgehead atoms. The highest BCUT2D eigenvalue weighted by atomic mass is 16.6. The van der Waals surface area contributed by atoms with Crippen molar-refractivity contribution in [1.82, 2.24) is 9.55 Å². The van der Waals surface area contributed by atoms with Crippen LogP contribution < -0.4 is 9.64 Å². The van der Waals surface area contributed by atoms with Crippen molar-refractivity contribution in [1.29, 1.82) is 0 Å². The molecule has 36 heavy (non-hydrogen) atoms. The second-order valence-electron chi connectivity index (χ2n) is 8.98. The summed E-state index contributed by atoms with van der Waals surface area (Å²) in [5, 5.41) is 1.04. The lowest BCUT2D eigenvalue weighted by Crippen LogP contribution is -2.32. The molecule has 2 aromatic heterocycles. The molecular weight excluding hydrogens is 450 g/mol. The Balaban J connectivity index is 1.90. The predicted molar refractivity (Wildman–Crippen MR) is 143 cm³/mol. The van der Waals surface area contributed by atoms with E-state index in [0.717, 1.165) is 53.0 Å². The van der Waals surface area contributed by atoms with Crippen LogP contribution in [0.15, 0.2) is 60.8 Å². The second-order valence-corrected chi connectivity index (χ2v) is 8.98. The van der Waals surface area contributed by atoms with Crippen molar-refractivity contribution in [3.05, 3.63) is 88.9 Å². The third kappa shape index (κ3) is 3.39. The number of benzene rings is 2. The molecule has 1 aliphatic heterocycles. The van der Waals surface area contributed by atoms with Gasteiger partial charge in [0.25, 0.3) is 0 Å². The molecule has 1 atom stereocenters. The lowest BCUT2D eigenvalue weighted by Gasteiger charge is -2.32. The number of nitrogens with zero attached hydrogens (tertiary/aromatic N) is 3. The number of hydrogen-bond donors (Lipinski definition) is 0. The van der Waals surface area contributed by atoms with Crippen molar-refractivity contribution in [2.75, 3.05) is 24.6 Å². The van der Waals surface area contributed by atoms with E-state index in [0.29, 0.717) is 23.6 Å². The molecule has 0 saturated heterocycles. The molecule has 3 heterocycles. The Hall–Kier alpha value is -3.80. The van der Waals surface area contributed by atoms with Crippen LogP contribution in [0.2, 0.25) is 0 Å². The van der Waals surface area contributed by atoms with Crippen molar-refractivity contribution < 1.29 is 14.3 Å². The monoisotopic (exact) mass is 483 g/mol. The highest BCUT2D eigenvalue weighted by Gasteiger charge is 2.53. The number of cyclic esters (lactones) is 1. The zero-order chi connectivity index (χ0) is 25.4. The summed E-state index contributed by atoms with van der Waals surface area (Å²) in [4.78, 5) is 20.4. The zero-order valence-corrected chi connectivity index (χ0v) is 21.7. The summed E-state index contributed by atoms with van der Waals surface area (Å²) in [6.45, 7) is 13.5. The van der Waals surface area contributed by atoms with E-state index in [9.17, 15) is 4.79 Å². The SMILES string of the molecule is CCOc1cc(N(CC)CC)ccc1[C@@]1(c2c(C)n(CC)c3ccccc23)OC(=O)c2cccnc21. The summed E-state index contributed by atoms with van der Waals surface area (Å²) in [6, 6.07) is 18.1. The van der Waals surface area contributed by atoms with Gasteiger partial charge in [0.15, 0.2) is 0 Å². The van der Waals surface area contributed by atoms with E-state index in [1.54, 1.807) is 18.3 Å². The Kier molecular flexibility index (Phi) is 6.20. The van der Waals surface area contributed by atoms with Gasteiger partial charge in [-0.15, -0.1) is 0 Å². The lowest BCUT2D eigenvalue weighted by atomic mass is 9.80. The van der Waals surface area contributed by atoms with Gasteiger partial charge in [0.2, 0.25) is 5.60 Å². The molecule has 0 saturated carbocycles. The highest BCUT2D eigenvalue weighted by molar-refractivity contribution is 5.98. The number of rotatable bonds is 8. The minimum atomic E-state index is -1.23. The van der Waals surface area contributed by atoms with Gasteiger partial charge in [-0.3, -0.25) is 4.98 Å². The minimum absolute atomic E-state index is 0.374. The summed E-state index contributed by atoms with van der Waals surface area (Å²) >= 11 is 0. The average molecular weight is 484 g/mol. The number of ether oxygens (including phenoxy) is 2. The van der Waals surface area contributed by atoms with Crippen molar-refractivity contribution in [3.63, 3.8) is 0 Å². The van der Waals surface area contributed by atoms with E-state index in [-0.39, 0.29) is 5.97 Å². The largest absolute Gasteiger partial charge is 0.493 e. The Bertz CT molecular complexity index is 1440. The topological polar surface area (TPSA) is 56.6 Å². The molecule has 6 heteroatoms. The number of esters is 1. The maximum Gasteiger partial charge on any atom is 0.341 e. The first kappa shape index (κ1) is 23.9. The van der Waals surface area contributed by atoms with Crippen LogP contribution in [-0.4, -0.2) is 35.2 Å². The molecule has 0 fully saturated rings. The fourth-order valence-corrected chi connectivity index (χ4v) is 5.72. The third-order valence-electron chi connectivity index (χ3n) is 7.28. The molecule has 186 valence electrons. The molecular formula is C30H33N3O3. The zero-order valence-electron chi connectivity index (χ0n) is 21.7. The third-order valence-corrected chi connectivity index (χ3v) is 7.28. The van der Waals surface area contributed by atoms with Gasteiger partial charge in [0.1, 0.15) is 11.4 Å². The molecule has 2 aromatic carbocycles. The van der Waals surface area contributed by atoms with Crippen molar-refractivity contribution in [2.24, 2.45) is 0 Å². The van der Waals surface area contributed by atoms with Gasteiger partial charge in [-0.05, 0) is 65.0 Å². The van der Waals surface area contributed by atoms with Gasteiger partial charge in [-0.2, -0.15) is 0 Å². The normalized spacial score (nSPS) is 16.8. The number of hydrogen-bond acceptors (Lipinski definition) is 5. The molecule has 5 rings (SSSR count). The van der Waals surface area contributed by atoms with Gasteiger partial charge < -0.3 is 18.9 Å². The fourth-order valence-electron chi connectivity index (χ4n) is 5.72. The first-order valence-electron chi connectivity index (χ1n) is 12.8. The number of anilines is 1. The molecule has 0 radical (unpaired) electrons. The van der Waals surface area contributed by atoms with Gasteiger partial charge in [-0.1, -0.05) is 18.2 Å². The molecule has 0 unspecified atom stereocenters. The van der Waals surface area contributed by atoms with Gasteiger partial charge >= 0.3 is 5.97 Å². The maximum absolute atomic E-state index is 13.4. The van der Waals surface area contributed by atoms with Crippen LogP contribution in [0.3, 0.4) is 0 Å². The number of aromatic nitrogens is 2. The van der Waals surface area contributed by atoms with Crippen LogP contribution in [0.25, 0.3) is 10.9 Å². The van der Waals surface area contributed by atoms with E-state index < -0.39 is 5.60 Å². The quantitative estimate of drug-likeness (QED) is 0.285. The number of carbonyl (C=O) groups excluding carboxylic acids is 1. The highest BCUT2D eigenvalue weighted by Crippen LogP contribution is 2.52. The molecule has 0 N–H and O–H groups in total. The van der Waals surface area contributed by atoms with Gasteiger partial charge in [0, 0.05) is 65.3 Å². The number of aryl methyl sites for hydroxylation is 1. The Morgan fingerprint density at radius 2 is 1.81 bits per heavy atom. The lowest BCUT2D eigenvalue weighted by molar-refractivity contribution is 0.0238. The Labute approximate surface area is 212 Å². The second kappa shape index (κ2) is 9.34. The van der Waals surface area contributed by atoms with Crippen LogP contribution in [0.1, 0.15) is 60.6 Å². The number of carbonyl (C=O) groups is 1. The van der Waals surface area contributed by atoms with E-state index in [4.69, 9.17) is 14.5 Å². The summed E-state index contributed by atoms with van der Waals surface area (Å²) in [5.74, 6) is 0.321. The Morgan fingerprint density at radius 3 is 2.53 bits per heavy atom. The van der Waals surface area contributed by atoms with Crippen LogP contribution in [0.4, 0.5) is 5.69 Å². The van der Waals surface area contributed by atoms with Crippen LogP contribution in [0.5, 0.6) is 5.75 Å². The van der Waals surface area contributed by atoms with E-state index >= 15 is 0 Å². The van der Waals surface area contributed by atoms with E-state index in [1.165, 1.54) is 0 Å². The number of para-hydroxylation sites is 1. The molecule has 0 spiro atoms. The molecule has 0 amide bonds. The molecule has 0 aliphatic carbocycles. The fraction of sp³-hybridized carbons (Fsp3) is 0.333. The van der Waals surface area contributed by atoms with Crippen molar-refractivity contribution in [3.8, 4) is 5.75 Å². The molecule has 1 aliphatic rings. The van der Waals surface area contributed by atoms with Crippen molar-refractivity contribution >= 4 is 22.6 Å². The summed E-state index contributed by atoms with van der Waals surface area (Å²) in [5.41, 5.74) is 4.79. The molecule has 6 nitrogen and oxygen atoms in total. The predicted octanol–water partition coefficient (Wildman–Crippen LogP) is 6.07. The van der Waals surface area contributed by atoms with E-state index in [2.05, 4.69) is 61.4 Å². The standard InChI is InChI=1S/C30H33N3O3/c1-6-32(7-2)21-16-17-24(26(19-21)35-9-4)30(28-23(29(34)36-30)14-12-18-31-28)27-20(5)33(8-3)25-15-11-10-13-22(25)27/h10-19H,6-9H2,1-5H3/t30-/m0/s1. The van der Waals surface area contributed by atoms with Gasteiger partial charge in [-0.25, -0.2) is 4.79 Å². The number of pyridine rings is 1. The summed E-state index contributed by atoms with van der Waals surface area (Å²) in [7, 11) is 0. The van der Waals surface area contributed by atoms with Crippen molar-refractivity contribution in [2.45, 2.75) is 46.8 Å². The van der Waals surface area contributed by atoms with E-state index in [1.807, 2.05) is 25.1 Å². The molecule has 4 aromatic rings. The van der Waals surface area contributed by atoms with Gasteiger partial charge in [0.05, 0.1) is 12.2 Å².